The summed E-state index contributed by atoms with van der Waals surface area (Å²) in [5.74, 6) is -1.31. The van der Waals surface area contributed by atoms with Crippen LogP contribution in [0.5, 0.6) is 0 Å². The topological polar surface area (TPSA) is 126 Å². The predicted molar refractivity (Wildman–Crippen MR) is 116 cm³/mol. The number of nitriles is 1. The molecule has 166 valence electrons. The Morgan fingerprint density at radius 1 is 1.12 bits per heavy atom. The molecule has 32 heavy (non-hydrogen) atoms. The summed E-state index contributed by atoms with van der Waals surface area (Å²) >= 11 is 0. The maximum absolute atomic E-state index is 12.6. The Bertz CT molecular complexity index is 1150. The van der Waals surface area contributed by atoms with Crippen molar-refractivity contribution in [2.24, 2.45) is 0 Å². The molecule has 0 unspecified atom stereocenters. The Morgan fingerprint density at radius 3 is 2.50 bits per heavy atom. The zero-order valence-electron chi connectivity index (χ0n) is 17.1. The van der Waals surface area contributed by atoms with E-state index in [1.165, 1.54) is 22.5 Å². The number of rotatable bonds is 7. The summed E-state index contributed by atoms with van der Waals surface area (Å²) in [4.78, 5) is 24.0. The molecule has 10 heteroatoms. The Morgan fingerprint density at radius 2 is 1.81 bits per heavy atom. The summed E-state index contributed by atoms with van der Waals surface area (Å²) in [5.41, 5.74) is 1.22. The van der Waals surface area contributed by atoms with Crippen molar-refractivity contribution in [3.63, 3.8) is 0 Å². The molecule has 1 N–H and O–H groups in total. The molecule has 2 aromatic carbocycles. The maximum Gasteiger partial charge on any atom is 0.331 e. The van der Waals surface area contributed by atoms with Crippen molar-refractivity contribution < 1.29 is 27.5 Å². The fraction of sp³-hybridized carbons (Fsp3) is 0.227. The molecule has 0 saturated carbocycles. The molecule has 2 aromatic rings. The normalized spacial score (nSPS) is 14.6. The van der Waals surface area contributed by atoms with Crippen LogP contribution in [0.3, 0.4) is 0 Å². The fourth-order valence-electron chi connectivity index (χ4n) is 2.91. The van der Waals surface area contributed by atoms with E-state index in [1.807, 2.05) is 6.07 Å². The van der Waals surface area contributed by atoms with Crippen LogP contribution in [0.25, 0.3) is 6.08 Å². The molecule has 1 amide bonds. The van der Waals surface area contributed by atoms with Gasteiger partial charge in [0.15, 0.2) is 6.61 Å². The minimum absolute atomic E-state index is 0.161. The van der Waals surface area contributed by atoms with Gasteiger partial charge in [0.25, 0.3) is 5.91 Å². The van der Waals surface area contributed by atoms with Crippen molar-refractivity contribution in [1.82, 2.24) is 4.31 Å². The summed E-state index contributed by atoms with van der Waals surface area (Å²) in [5, 5.41) is 11.5. The van der Waals surface area contributed by atoms with E-state index in [4.69, 9.17) is 14.7 Å². The van der Waals surface area contributed by atoms with Crippen LogP contribution in [0.4, 0.5) is 5.69 Å². The van der Waals surface area contributed by atoms with Gasteiger partial charge < -0.3 is 14.8 Å². The highest BCUT2D eigenvalue weighted by atomic mass is 32.2. The van der Waals surface area contributed by atoms with E-state index in [0.717, 1.165) is 6.08 Å². The Balaban J connectivity index is 1.52. The van der Waals surface area contributed by atoms with Gasteiger partial charge in [0, 0.05) is 19.2 Å². The molecule has 0 spiro atoms. The monoisotopic (exact) mass is 455 g/mol. The zero-order valence-corrected chi connectivity index (χ0v) is 17.9. The van der Waals surface area contributed by atoms with Gasteiger partial charge in [-0.3, -0.25) is 4.79 Å². The molecule has 0 bridgehead atoms. The number of nitrogens with one attached hydrogen (secondary N) is 1. The van der Waals surface area contributed by atoms with Crippen molar-refractivity contribution in [2.75, 3.05) is 38.2 Å². The molecular weight excluding hydrogens is 434 g/mol. The molecule has 0 radical (unpaired) electrons. The first-order valence-corrected chi connectivity index (χ1v) is 11.2. The number of para-hydroxylation sites is 1. The standard InChI is InChI=1S/C22H21N3O6S/c23-15-18-3-1-2-4-20(18)24-21(26)16-31-22(27)10-7-17-5-8-19(9-6-17)32(28,29)25-11-13-30-14-12-25/h1-10H,11-14,16H2,(H,24,26)/b10-7+. The van der Waals surface area contributed by atoms with Gasteiger partial charge in [-0.2, -0.15) is 9.57 Å². The van der Waals surface area contributed by atoms with Gasteiger partial charge in [0.1, 0.15) is 6.07 Å². The number of esters is 1. The minimum Gasteiger partial charge on any atom is -0.452 e. The summed E-state index contributed by atoms with van der Waals surface area (Å²) in [6.07, 6.45) is 2.60. The van der Waals surface area contributed by atoms with Gasteiger partial charge in [-0.1, -0.05) is 24.3 Å². The van der Waals surface area contributed by atoms with E-state index in [2.05, 4.69) is 5.32 Å². The zero-order chi connectivity index (χ0) is 23.0. The van der Waals surface area contributed by atoms with E-state index in [-0.39, 0.29) is 4.90 Å². The number of carbonyl (C=O) groups is 2. The van der Waals surface area contributed by atoms with Gasteiger partial charge in [-0.25, -0.2) is 13.2 Å². The number of nitrogens with zero attached hydrogens (tertiary/aromatic N) is 2. The lowest BCUT2D eigenvalue weighted by Crippen LogP contribution is -2.40. The van der Waals surface area contributed by atoms with Crippen LogP contribution in [0.15, 0.2) is 59.5 Å². The summed E-state index contributed by atoms with van der Waals surface area (Å²) in [6, 6.07) is 14.5. The number of sulfonamides is 1. The lowest BCUT2D eigenvalue weighted by Gasteiger charge is -2.26. The second kappa shape index (κ2) is 10.7. The molecule has 0 aromatic heterocycles. The SMILES string of the molecule is N#Cc1ccccc1NC(=O)COC(=O)/C=C/c1ccc(S(=O)(=O)N2CCOCC2)cc1. The number of anilines is 1. The highest BCUT2D eigenvalue weighted by Gasteiger charge is 2.25. The molecule has 9 nitrogen and oxygen atoms in total. The van der Waals surface area contributed by atoms with Crippen LogP contribution in [-0.2, 0) is 29.1 Å². The average molecular weight is 455 g/mol. The molecule has 0 aliphatic carbocycles. The summed E-state index contributed by atoms with van der Waals surface area (Å²) in [7, 11) is -3.59. The van der Waals surface area contributed by atoms with Gasteiger partial charge in [-0.15, -0.1) is 0 Å². The molecule has 1 aliphatic rings. The highest BCUT2D eigenvalue weighted by Crippen LogP contribution is 2.18. The average Bonchev–Trinajstić information content (AvgIpc) is 2.82. The largest absolute Gasteiger partial charge is 0.452 e. The number of amides is 1. The second-order valence-electron chi connectivity index (χ2n) is 6.73. The van der Waals surface area contributed by atoms with Crippen molar-refractivity contribution in [3.8, 4) is 6.07 Å². The number of benzene rings is 2. The third-order valence-electron chi connectivity index (χ3n) is 4.57. The van der Waals surface area contributed by atoms with Crippen LogP contribution < -0.4 is 5.32 Å². The number of hydrogen-bond donors (Lipinski definition) is 1. The van der Waals surface area contributed by atoms with Crippen LogP contribution in [-0.4, -0.2) is 57.5 Å². The molecule has 1 heterocycles. The Kier molecular flexibility index (Phi) is 7.72. The van der Waals surface area contributed by atoms with Crippen molar-refractivity contribution >= 4 is 33.7 Å². The Hall–Kier alpha value is -3.52. The van der Waals surface area contributed by atoms with E-state index < -0.39 is 28.5 Å². The third kappa shape index (κ3) is 6.01. The molecule has 0 atom stereocenters. The first-order chi connectivity index (χ1) is 15.4. The van der Waals surface area contributed by atoms with E-state index in [1.54, 1.807) is 36.4 Å². The predicted octanol–water partition coefficient (Wildman–Crippen LogP) is 1.77. The molecular formula is C22H21N3O6S. The Labute approximate surface area is 185 Å². The quantitative estimate of drug-likeness (QED) is 0.498. The van der Waals surface area contributed by atoms with Crippen LogP contribution in [0.1, 0.15) is 11.1 Å². The number of morpholine rings is 1. The first kappa shape index (κ1) is 23.1. The molecule has 1 saturated heterocycles. The van der Waals surface area contributed by atoms with Crippen LogP contribution in [0.2, 0.25) is 0 Å². The van der Waals surface area contributed by atoms with E-state index >= 15 is 0 Å². The van der Waals surface area contributed by atoms with Crippen molar-refractivity contribution in [1.29, 1.82) is 5.26 Å². The van der Waals surface area contributed by atoms with Gasteiger partial charge in [0.2, 0.25) is 10.0 Å². The van der Waals surface area contributed by atoms with E-state index in [9.17, 15) is 18.0 Å². The summed E-state index contributed by atoms with van der Waals surface area (Å²) in [6.45, 7) is 0.840. The minimum atomic E-state index is -3.59. The second-order valence-corrected chi connectivity index (χ2v) is 8.67. The lowest BCUT2D eigenvalue weighted by atomic mass is 10.2. The van der Waals surface area contributed by atoms with E-state index in [0.29, 0.717) is 43.1 Å². The van der Waals surface area contributed by atoms with Crippen LogP contribution in [0, 0.1) is 11.3 Å². The lowest BCUT2D eigenvalue weighted by molar-refractivity contribution is -0.142. The first-order valence-electron chi connectivity index (χ1n) is 9.72. The third-order valence-corrected chi connectivity index (χ3v) is 6.48. The fourth-order valence-corrected chi connectivity index (χ4v) is 4.32. The summed E-state index contributed by atoms with van der Waals surface area (Å²) < 4.78 is 36.7. The number of ether oxygens (including phenoxy) is 2. The van der Waals surface area contributed by atoms with Gasteiger partial charge in [-0.05, 0) is 35.9 Å². The van der Waals surface area contributed by atoms with Gasteiger partial charge in [0.05, 0.1) is 29.4 Å². The maximum atomic E-state index is 12.6. The number of hydrogen-bond acceptors (Lipinski definition) is 7. The molecule has 1 fully saturated rings. The van der Waals surface area contributed by atoms with Crippen molar-refractivity contribution in [2.45, 2.75) is 4.90 Å². The molecule has 1 aliphatic heterocycles. The van der Waals surface area contributed by atoms with Crippen molar-refractivity contribution in [3.05, 3.63) is 65.7 Å². The molecule has 3 rings (SSSR count). The smallest absolute Gasteiger partial charge is 0.331 e. The van der Waals surface area contributed by atoms with Crippen LogP contribution >= 0.6 is 0 Å². The van der Waals surface area contributed by atoms with Gasteiger partial charge >= 0.3 is 5.97 Å². The number of carbonyl (C=O) groups excluding carboxylic acids is 2. The highest BCUT2D eigenvalue weighted by molar-refractivity contribution is 7.89.